The maximum absolute atomic E-state index is 12.9. The third-order valence-corrected chi connectivity index (χ3v) is 7.49. The van der Waals surface area contributed by atoms with Gasteiger partial charge in [0.1, 0.15) is 4.83 Å². The number of halogens is 1. The number of aryl methyl sites for hydroxylation is 2. The minimum Gasteiger partial charge on any atom is -0.292 e. The first kappa shape index (κ1) is 18.6. The van der Waals surface area contributed by atoms with Crippen molar-refractivity contribution in [2.75, 3.05) is 5.75 Å². The highest BCUT2D eigenvalue weighted by atomic mass is 79.9. The molecule has 0 unspecified atom stereocenters. The van der Waals surface area contributed by atoms with Gasteiger partial charge in [0, 0.05) is 11.4 Å². The predicted molar refractivity (Wildman–Crippen MR) is 111 cm³/mol. The molecule has 0 N–H and O–H groups in total. The summed E-state index contributed by atoms with van der Waals surface area (Å²) in [5, 5.41) is 1.23. The van der Waals surface area contributed by atoms with Crippen molar-refractivity contribution in [1.82, 2.24) is 9.55 Å². The Bertz CT molecular complexity index is 1030. The number of thiophene rings is 2. The summed E-state index contributed by atoms with van der Waals surface area (Å²) in [7, 11) is 0. The van der Waals surface area contributed by atoms with Gasteiger partial charge in [-0.25, -0.2) is 4.98 Å². The van der Waals surface area contributed by atoms with E-state index < -0.39 is 0 Å². The number of fused-ring (bicyclic) bond motifs is 1. The van der Waals surface area contributed by atoms with Crippen LogP contribution in [0.15, 0.2) is 38.5 Å². The van der Waals surface area contributed by atoms with E-state index in [2.05, 4.69) is 27.5 Å². The number of Topliss-reactive ketones (excluding diaryl/α,β-unsaturated/α-hetero) is 1. The zero-order valence-electron chi connectivity index (χ0n) is 13.7. The van der Waals surface area contributed by atoms with Crippen LogP contribution in [0.1, 0.15) is 20.1 Å². The summed E-state index contributed by atoms with van der Waals surface area (Å²) in [5.41, 5.74) is 0.909. The van der Waals surface area contributed by atoms with Gasteiger partial charge < -0.3 is 0 Å². The van der Waals surface area contributed by atoms with E-state index in [0.29, 0.717) is 22.0 Å². The highest BCUT2D eigenvalue weighted by Crippen LogP contribution is 2.29. The van der Waals surface area contributed by atoms with Crippen LogP contribution in [0.25, 0.3) is 10.2 Å². The lowest BCUT2D eigenvalue weighted by molar-refractivity contribution is 0.102. The van der Waals surface area contributed by atoms with E-state index in [1.807, 2.05) is 19.9 Å². The van der Waals surface area contributed by atoms with Crippen LogP contribution in [-0.4, -0.2) is 21.1 Å². The molecule has 0 spiro atoms. The van der Waals surface area contributed by atoms with Crippen LogP contribution in [0, 0.1) is 13.8 Å². The Labute approximate surface area is 165 Å². The van der Waals surface area contributed by atoms with Crippen LogP contribution in [0.4, 0.5) is 0 Å². The first-order valence-electron chi connectivity index (χ1n) is 7.45. The van der Waals surface area contributed by atoms with Gasteiger partial charge in [-0.1, -0.05) is 17.8 Å². The summed E-state index contributed by atoms with van der Waals surface area (Å²) >= 11 is 7.58. The maximum Gasteiger partial charge on any atom is 0.263 e. The molecule has 0 aliphatic heterocycles. The van der Waals surface area contributed by atoms with E-state index >= 15 is 0 Å². The number of ketones is 1. The highest BCUT2D eigenvalue weighted by molar-refractivity contribution is 9.11. The fraction of sp³-hybridized carbons (Fsp3) is 0.235. The van der Waals surface area contributed by atoms with Crippen molar-refractivity contribution in [1.29, 1.82) is 0 Å². The molecule has 0 aliphatic carbocycles. The maximum atomic E-state index is 12.9. The average Bonchev–Trinajstić information content (AvgIpc) is 3.12. The van der Waals surface area contributed by atoms with Gasteiger partial charge in [0.2, 0.25) is 0 Å². The SMILES string of the molecule is C=CCn1c(SCC(=O)c2ccc(Br)s2)nc2sc(C)c(C)c2c1=O. The second-order valence-electron chi connectivity index (χ2n) is 5.38. The summed E-state index contributed by atoms with van der Waals surface area (Å²) < 4.78 is 2.52. The second-order valence-corrected chi connectivity index (χ2v) is 9.99. The molecule has 0 saturated heterocycles. The van der Waals surface area contributed by atoms with Crippen LogP contribution in [-0.2, 0) is 6.54 Å². The first-order valence-corrected chi connectivity index (χ1v) is 10.9. The van der Waals surface area contributed by atoms with Crippen LogP contribution >= 0.6 is 50.4 Å². The van der Waals surface area contributed by atoms with Gasteiger partial charge in [-0.15, -0.1) is 29.3 Å². The number of hydrogen-bond donors (Lipinski definition) is 0. The van der Waals surface area contributed by atoms with Crippen LogP contribution < -0.4 is 5.56 Å². The zero-order valence-corrected chi connectivity index (χ0v) is 17.7. The predicted octanol–water partition coefficient (Wildman–Crippen LogP) is 5.06. The second kappa shape index (κ2) is 7.57. The topological polar surface area (TPSA) is 52.0 Å². The average molecular weight is 455 g/mol. The Hall–Kier alpha value is -1.22. The van der Waals surface area contributed by atoms with Gasteiger partial charge in [-0.3, -0.25) is 14.2 Å². The number of aromatic nitrogens is 2. The van der Waals surface area contributed by atoms with E-state index in [1.54, 1.807) is 16.7 Å². The van der Waals surface area contributed by atoms with Crippen molar-refractivity contribution in [2.45, 2.75) is 25.5 Å². The lowest BCUT2D eigenvalue weighted by Crippen LogP contribution is -2.23. The number of carbonyl (C=O) groups excluding carboxylic acids is 1. The molecule has 0 aromatic carbocycles. The zero-order chi connectivity index (χ0) is 18.1. The Morgan fingerprint density at radius 1 is 1.40 bits per heavy atom. The monoisotopic (exact) mass is 454 g/mol. The number of rotatable bonds is 6. The fourth-order valence-corrected chi connectivity index (χ4v) is 5.75. The van der Waals surface area contributed by atoms with Crippen LogP contribution in [0.2, 0.25) is 0 Å². The Morgan fingerprint density at radius 2 is 2.16 bits per heavy atom. The molecule has 4 nitrogen and oxygen atoms in total. The molecule has 0 fully saturated rings. The van der Waals surface area contributed by atoms with Crippen LogP contribution in [0.5, 0.6) is 0 Å². The number of thioether (sulfide) groups is 1. The molecule has 25 heavy (non-hydrogen) atoms. The first-order chi connectivity index (χ1) is 11.9. The molecule has 3 aromatic heterocycles. The van der Waals surface area contributed by atoms with E-state index in [1.165, 1.54) is 34.4 Å². The largest absolute Gasteiger partial charge is 0.292 e. The van der Waals surface area contributed by atoms with Gasteiger partial charge in [0.05, 0.1) is 19.8 Å². The third-order valence-electron chi connectivity index (χ3n) is 3.75. The molecule has 0 atom stereocenters. The molecule has 0 saturated carbocycles. The molecule has 3 rings (SSSR count). The minimum atomic E-state index is -0.0689. The molecule has 0 bridgehead atoms. The quantitative estimate of drug-likeness (QED) is 0.226. The summed E-state index contributed by atoms with van der Waals surface area (Å²) in [4.78, 5) is 32.4. The minimum absolute atomic E-state index is 0.0266. The van der Waals surface area contributed by atoms with E-state index in [0.717, 1.165) is 19.1 Å². The smallest absolute Gasteiger partial charge is 0.263 e. The number of hydrogen-bond acceptors (Lipinski definition) is 6. The summed E-state index contributed by atoms with van der Waals surface area (Å²) in [6.45, 7) is 8.03. The number of carbonyl (C=O) groups is 1. The van der Waals surface area contributed by atoms with Gasteiger partial charge in [0.15, 0.2) is 10.9 Å². The van der Waals surface area contributed by atoms with Crippen LogP contribution in [0.3, 0.4) is 0 Å². The number of nitrogens with zero attached hydrogens (tertiary/aromatic N) is 2. The molecule has 8 heteroatoms. The number of allylic oxidation sites excluding steroid dienone is 1. The van der Waals surface area contributed by atoms with Crippen molar-refractivity contribution in [3.05, 3.63) is 54.2 Å². The molecule has 0 radical (unpaired) electrons. The van der Waals surface area contributed by atoms with Crippen molar-refractivity contribution >= 4 is 66.4 Å². The lowest BCUT2D eigenvalue weighted by Gasteiger charge is -2.09. The third kappa shape index (κ3) is 3.67. The molecule has 3 aromatic rings. The fourth-order valence-electron chi connectivity index (χ4n) is 2.37. The lowest BCUT2D eigenvalue weighted by atomic mass is 10.2. The molecule has 0 aliphatic rings. The van der Waals surface area contributed by atoms with Gasteiger partial charge in [-0.05, 0) is 47.5 Å². The summed E-state index contributed by atoms with van der Waals surface area (Å²) in [5.74, 6) is 0.268. The van der Waals surface area contributed by atoms with Crippen molar-refractivity contribution in [3.63, 3.8) is 0 Å². The highest BCUT2D eigenvalue weighted by Gasteiger charge is 2.18. The summed E-state index contributed by atoms with van der Waals surface area (Å²) in [6.07, 6.45) is 1.67. The van der Waals surface area contributed by atoms with Gasteiger partial charge in [-0.2, -0.15) is 0 Å². The Morgan fingerprint density at radius 3 is 2.80 bits per heavy atom. The van der Waals surface area contributed by atoms with E-state index in [4.69, 9.17) is 0 Å². The molecular weight excluding hydrogens is 440 g/mol. The van der Waals surface area contributed by atoms with Gasteiger partial charge >= 0.3 is 0 Å². The Kier molecular flexibility index (Phi) is 5.62. The molecular formula is C17H15BrN2O2S3. The Balaban J connectivity index is 1.97. The summed E-state index contributed by atoms with van der Waals surface area (Å²) in [6, 6.07) is 3.66. The van der Waals surface area contributed by atoms with E-state index in [-0.39, 0.29) is 17.1 Å². The normalized spacial score (nSPS) is 11.2. The standard InChI is InChI=1S/C17H15BrN2O2S3/c1-4-7-20-16(22)14-9(2)10(3)24-15(14)19-17(20)23-8-11(21)12-5-6-13(18)25-12/h4-6H,1,7-8H2,2-3H3. The molecule has 130 valence electrons. The molecule has 3 heterocycles. The van der Waals surface area contributed by atoms with E-state index in [9.17, 15) is 9.59 Å². The van der Waals surface area contributed by atoms with Crippen molar-refractivity contribution in [2.24, 2.45) is 0 Å². The molecule has 0 amide bonds. The van der Waals surface area contributed by atoms with Crippen molar-refractivity contribution in [3.8, 4) is 0 Å². The van der Waals surface area contributed by atoms with Crippen molar-refractivity contribution < 1.29 is 4.79 Å². The van der Waals surface area contributed by atoms with Gasteiger partial charge in [0.25, 0.3) is 5.56 Å².